The van der Waals surface area contributed by atoms with Crippen molar-refractivity contribution >= 4 is 22.5 Å². The first-order valence-electron chi connectivity index (χ1n) is 10.1. The number of hydrogen-bond donors (Lipinski definition) is 2. The number of carbonyl (C=O) groups is 1. The first-order valence-corrected chi connectivity index (χ1v) is 10.1. The van der Waals surface area contributed by atoms with Gasteiger partial charge in [0.1, 0.15) is 12.1 Å². The molecule has 8 nitrogen and oxygen atoms in total. The monoisotopic (exact) mass is 414 g/mol. The van der Waals surface area contributed by atoms with Gasteiger partial charge in [-0.05, 0) is 19.5 Å². The molecule has 3 heterocycles. The number of carbonyl (C=O) groups excluding carboxylic acids is 1. The summed E-state index contributed by atoms with van der Waals surface area (Å²) in [6.07, 6.45) is 4.14. The lowest BCUT2D eigenvalue weighted by Gasteiger charge is -2.36. The normalized spacial score (nSPS) is 16.1. The molecule has 4 aromatic rings. The maximum absolute atomic E-state index is 12.7. The van der Waals surface area contributed by atoms with E-state index >= 15 is 0 Å². The van der Waals surface area contributed by atoms with Crippen molar-refractivity contribution in [3.8, 4) is 28.3 Å². The lowest BCUT2D eigenvalue weighted by atomic mass is 10.0. The molecule has 1 aliphatic rings. The van der Waals surface area contributed by atoms with Gasteiger partial charge in [0.15, 0.2) is 0 Å². The number of likely N-dealkylation sites (tertiary alicyclic amines) is 1. The molecule has 1 atom stereocenters. The number of H-pyrrole nitrogens is 1. The molecule has 5 rings (SSSR count). The summed E-state index contributed by atoms with van der Waals surface area (Å²) >= 11 is 0. The fourth-order valence-electron chi connectivity index (χ4n) is 3.92. The average molecular weight is 414 g/mol. The Balaban J connectivity index is 1.61. The van der Waals surface area contributed by atoms with Crippen LogP contribution in [0.2, 0.25) is 0 Å². The van der Waals surface area contributed by atoms with Crippen molar-refractivity contribution in [3.05, 3.63) is 55.0 Å². The van der Waals surface area contributed by atoms with E-state index in [0.29, 0.717) is 11.4 Å². The number of likely N-dealkylation sites (N-methyl/N-ethyl adjacent to an activating group) is 1. The zero-order valence-corrected chi connectivity index (χ0v) is 17.3. The molecule has 0 bridgehead atoms. The number of fused-ring (bicyclic) bond motifs is 1. The second-order valence-corrected chi connectivity index (χ2v) is 7.59. The van der Waals surface area contributed by atoms with Crippen LogP contribution in [-0.4, -0.2) is 57.7 Å². The third-order valence-electron chi connectivity index (χ3n) is 5.76. The SMILES string of the molecule is COc1cc2ncnc(-c3cn[nH]c3-c3ccccc3)c2cc1NC(=O)C1CCN1C. The predicted octanol–water partition coefficient (Wildman–Crippen LogP) is 3.34. The number of hydrogen-bond acceptors (Lipinski definition) is 6. The molecule has 0 saturated carbocycles. The molecule has 1 amide bonds. The Bertz CT molecular complexity index is 1250. The minimum atomic E-state index is -0.120. The van der Waals surface area contributed by atoms with Gasteiger partial charge in [-0.1, -0.05) is 30.3 Å². The van der Waals surface area contributed by atoms with Gasteiger partial charge in [0, 0.05) is 29.1 Å². The molecule has 0 aliphatic carbocycles. The Morgan fingerprint density at radius 1 is 1.23 bits per heavy atom. The van der Waals surface area contributed by atoms with Gasteiger partial charge in [-0.2, -0.15) is 5.10 Å². The number of nitrogens with zero attached hydrogens (tertiary/aromatic N) is 4. The molecule has 2 aromatic heterocycles. The Labute approximate surface area is 179 Å². The highest BCUT2D eigenvalue weighted by Gasteiger charge is 2.31. The first-order chi connectivity index (χ1) is 15.2. The standard InChI is InChI=1S/C23H22N6O2/c1-29-9-8-19(29)23(30)27-18-10-15-17(11-20(18)31-2)24-13-25-22(15)16-12-26-28-21(16)14-6-4-3-5-7-14/h3-7,10-13,19H,8-9H2,1-2H3,(H,26,28)(H,27,30). The van der Waals surface area contributed by atoms with Crippen molar-refractivity contribution in [3.63, 3.8) is 0 Å². The quantitative estimate of drug-likeness (QED) is 0.520. The van der Waals surface area contributed by atoms with Gasteiger partial charge in [0.05, 0.1) is 41.9 Å². The molecule has 0 spiro atoms. The zero-order chi connectivity index (χ0) is 21.4. The molecular weight excluding hydrogens is 392 g/mol. The summed E-state index contributed by atoms with van der Waals surface area (Å²) in [6, 6.07) is 13.5. The Kier molecular flexibility index (Phi) is 4.83. The Hall–Kier alpha value is -3.78. The van der Waals surface area contributed by atoms with Gasteiger partial charge >= 0.3 is 0 Å². The summed E-state index contributed by atoms with van der Waals surface area (Å²) in [7, 11) is 3.53. The largest absolute Gasteiger partial charge is 0.494 e. The topological polar surface area (TPSA) is 96.0 Å². The minimum absolute atomic E-state index is 0.0434. The second-order valence-electron chi connectivity index (χ2n) is 7.59. The summed E-state index contributed by atoms with van der Waals surface area (Å²) in [4.78, 5) is 23.7. The highest BCUT2D eigenvalue weighted by atomic mass is 16.5. The number of benzene rings is 2. The number of rotatable bonds is 5. The molecular formula is C23H22N6O2. The average Bonchev–Trinajstić information content (AvgIpc) is 3.27. The number of aromatic nitrogens is 4. The molecule has 31 heavy (non-hydrogen) atoms. The number of amides is 1. The van der Waals surface area contributed by atoms with Gasteiger partial charge in [-0.3, -0.25) is 14.8 Å². The van der Waals surface area contributed by atoms with Crippen molar-refractivity contribution < 1.29 is 9.53 Å². The van der Waals surface area contributed by atoms with Crippen LogP contribution in [0.25, 0.3) is 33.4 Å². The maximum atomic E-state index is 12.7. The van der Waals surface area contributed by atoms with Crippen LogP contribution in [0.3, 0.4) is 0 Å². The van der Waals surface area contributed by atoms with Crippen molar-refractivity contribution in [2.24, 2.45) is 0 Å². The van der Waals surface area contributed by atoms with E-state index < -0.39 is 0 Å². The van der Waals surface area contributed by atoms with Crippen molar-refractivity contribution in [2.45, 2.75) is 12.5 Å². The van der Waals surface area contributed by atoms with E-state index in [-0.39, 0.29) is 11.9 Å². The van der Waals surface area contributed by atoms with Crippen molar-refractivity contribution in [1.29, 1.82) is 0 Å². The summed E-state index contributed by atoms with van der Waals surface area (Å²) in [6.45, 7) is 0.924. The van der Waals surface area contributed by atoms with Crippen LogP contribution in [0.5, 0.6) is 5.75 Å². The molecule has 1 saturated heterocycles. The smallest absolute Gasteiger partial charge is 0.241 e. The number of anilines is 1. The van der Waals surface area contributed by atoms with Crippen LogP contribution in [0.4, 0.5) is 5.69 Å². The lowest BCUT2D eigenvalue weighted by molar-refractivity contribution is -0.124. The van der Waals surface area contributed by atoms with E-state index in [1.807, 2.05) is 54.4 Å². The molecule has 2 N–H and O–H groups in total. The van der Waals surface area contributed by atoms with Crippen LogP contribution in [0.1, 0.15) is 6.42 Å². The van der Waals surface area contributed by atoms with Crippen molar-refractivity contribution in [1.82, 2.24) is 25.1 Å². The molecule has 156 valence electrons. The van der Waals surface area contributed by atoms with E-state index in [0.717, 1.165) is 46.4 Å². The van der Waals surface area contributed by atoms with Gasteiger partial charge < -0.3 is 10.1 Å². The number of methoxy groups -OCH3 is 1. The lowest BCUT2D eigenvalue weighted by Crippen LogP contribution is -2.51. The fraction of sp³-hybridized carbons (Fsp3) is 0.217. The van der Waals surface area contributed by atoms with E-state index in [1.165, 1.54) is 6.33 Å². The highest BCUT2D eigenvalue weighted by Crippen LogP contribution is 2.37. The van der Waals surface area contributed by atoms with Gasteiger partial charge in [-0.15, -0.1) is 0 Å². The van der Waals surface area contributed by atoms with E-state index in [1.54, 1.807) is 13.3 Å². The number of aromatic amines is 1. The second kappa shape index (κ2) is 7.81. The molecule has 0 radical (unpaired) electrons. The summed E-state index contributed by atoms with van der Waals surface area (Å²) in [5.74, 6) is 0.515. The summed E-state index contributed by atoms with van der Waals surface area (Å²) in [5, 5.41) is 11.2. The third-order valence-corrected chi connectivity index (χ3v) is 5.76. The third kappa shape index (κ3) is 3.40. The first kappa shape index (κ1) is 19.2. The highest BCUT2D eigenvalue weighted by molar-refractivity contribution is 6.02. The van der Waals surface area contributed by atoms with Crippen molar-refractivity contribution in [2.75, 3.05) is 26.0 Å². The minimum Gasteiger partial charge on any atom is -0.494 e. The molecule has 1 unspecified atom stereocenters. The molecule has 2 aromatic carbocycles. The number of nitrogens with one attached hydrogen (secondary N) is 2. The van der Waals surface area contributed by atoms with Crippen LogP contribution in [-0.2, 0) is 4.79 Å². The van der Waals surface area contributed by atoms with Crippen LogP contribution in [0, 0.1) is 0 Å². The van der Waals surface area contributed by atoms with E-state index in [2.05, 4.69) is 25.5 Å². The Morgan fingerprint density at radius 3 is 2.77 bits per heavy atom. The zero-order valence-electron chi connectivity index (χ0n) is 17.3. The van der Waals surface area contributed by atoms with Gasteiger partial charge in [0.2, 0.25) is 5.91 Å². The molecule has 1 aliphatic heterocycles. The summed E-state index contributed by atoms with van der Waals surface area (Å²) in [5.41, 5.74) is 4.80. The van der Waals surface area contributed by atoms with Crippen LogP contribution >= 0.6 is 0 Å². The Morgan fingerprint density at radius 2 is 2.06 bits per heavy atom. The van der Waals surface area contributed by atoms with Gasteiger partial charge in [0.25, 0.3) is 0 Å². The van der Waals surface area contributed by atoms with Crippen LogP contribution < -0.4 is 10.1 Å². The fourth-order valence-corrected chi connectivity index (χ4v) is 3.92. The number of ether oxygens (including phenoxy) is 1. The predicted molar refractivity (Wildman–Crippen MR) is 119 cm³/mol. The molecule has 8 heteroatoms. The van der Waals surface area contributed by atoms with Gasteiger partial charge in [-0.25, -0.2) is 9.97 Å². The maximum Gasteiger partial charge on any atom is 0.241 e. The van der Waals surface area contributed by atoms with Crippen LogP contribution in [0.15, 0.2) is 55.0 Å². The summed E-state index contributed by atoms with van der Waals surface area (Å²) < 4.78 is 5.53. The molecule has 1 fully saturated rings. The van der Waals surface area contributed by atoms with E-state index in [4.69, 9.17) is 4.74 Å². The van der Waals surface area contributed by atoms with E-state index in [9.17, 15) is 4.79 Å².